The summed E-state index contributed by atoms with van der Waals surface area (Å²) in [5.74, 6) is 4.07. The van der Waals surface area contributed by atoms with Crippen molar-refractivity contribution in [3.8, 4) is 62.4 Å². The van der Waals surface area contributed by atoms with E-state index in [1.807, 2.05) is 72.8 Å². The van der Waals surface area contributed by atoms with E-state index >= 15 is 0 Å². The Bertz CT molecular complexity index is 5060. The number of aromatic nitrogens is 7. The maximum atomic E-state index is 12.7. The zero-order chi connectivity index (χ0) is 61.4. The molecule has 0 bridgehead atoms. The van der Waals surface area contributed by atoms with E-state index in [0.717, 1.165) is 102 Å². The second kappa shape index (κ2) is 25.5. The molecule has 0 amide bonds. The highest BCUT2D eigenvalue weighted by atomic mass is 35.5. The first-order valence-corrected chi connectivity index (χ1v) is 30.9. The molecule has 0 atom stereocenters. The number of fused-ring (bicyclic) bond motifs is 8. The van der Waals surface area contributed by atoms with E-state index in [4.69, 9.17) is 28.5 Å². The summed E-state index contributed by atoms with van der Waals surface area (Å²) in [6, 6.07) is 63.4. The summed E-state index contributed by atoms with van der Waals surface area (Å²) >= 11 is 0. The van der Waals surface area contributed by atoms with Gasteiger partial charge in [0.2, 0.25) is 0 Å². The molecular weight excluding hydrogens is 1130 g/mol. The number of hydrogen-bond donors (Lipinski definition) is 1. The Hall–Kier alpha value is -10.1. The number of hydrogen-bond acceptors (Lipinski definition) is 8. The Morgan fingerprint density at radius 2 is 1.04 bits per heavy atom. The summed E-state index contributed by atoms with van der Waals surface area (Å²) in [4.78, 5) is 35.5. The Morgan fingerprint density at radius 3 is 1.69 bits per heavy atom. The van der Waals surface area contributed by atoms with Crippen LogP contribution >= 0.6 is 12.4 Å². The summed E-state index contributed by atoms with van der Waals surface area (Å²) in [5, 5.41) is 3.72. The number of nitrogens with one attached hydrogen (secondary N) is 1. The molecule has 15 rings (SSSR count). The lowest BCUT2D eigenvalue weighted by Gasteiger charge is -2.22. The van der Waals surface area contributed by atoms with Crippen molar-refractivity contribution >= 4 is 79.7 Å². The van der Waals surface area contributed by atoms with Crippen molar-refractivity contribution in [1.29, 1.82) is 0 Å². The molecule has 450 valence electrons. The zero-order valence-corrected chi connectivity index (χ0v) is 53.0. The van der Waals surface area contributed by atoms with Crippen molar-refractivity contribution in [3.63, 3.8) is 0 Å². The molecule has 11 nitrogen and oxygen atoms in total. The first kappa shape index (κ1) is 60.2. The molecule has 0 saturated carbocycles. The van der Waals surface area contributed by atoms with E-state index in [1.54, 1.807) is 31.6 Å². The van der Waals surface area contributed by atoms with Gasteiger partial charge < -0.3 is 18.6 Å². The van der Waals surface area contributed by atoms with E-state index in [0.29, 0.717) is 45.7 Å². The van der Waals surface area contributed by atoms with E-state index in [9.17, 15) is 4.79 Å². The standard InChI is InChI=1S/C37H35N3O2.C36H31N3O2.C5H5N.ClH/c1-22(2)26-13-9-14-27(23(3)4)36(26)40-30-16-7-6-15-29(30)39-37(40)25-12-8-11-24(21-25)28-19-20-33-35(38-28)34-31(41-5)17-10-18-32(34)42-33;1-21(2)25-12-8-13-26(22(3)4)35(25)39-29-15-6-5-14-28(29)38-36(39)24-11-7-10-23(20-24)27-18-19-32-34(37-27)33-30(40)16-9-17-31(33)41-32;1-2-4-6-5-3-1;/h8-23H,6-7H2,1-5H3;5-22,37H,1-4H3;1-5H;1H. The number of halogens is 1. The van der Waals surface area contributed by atoms with Gasteiger partial charge in [-0.3, -0.25) is 18.9 Å². The minimum Gasteiger partial charge on any atom is -0.496 e. The number of aromatic amines is 1. The second-order valence-electron chi connectivity index (χ2n) is 24.0. The molecule has 0 fully saturated rings. The second-order valence-corrected chi connectivity index (χ2v) is 24.0. The lowest BCUT2D eigenvalue weighted by molar-refractivity contribution is 0.420. The van der Waals surface area contributed by atoms with Gasteiger partial charge in [0.25, 0.3) is 0 Å². The number of furan rings is 2. The van der Waals surface area contributed by atoms with Crippen LogP contribution in [-0.4, -0.2) is 41.2 Å². The fraction of sp³-hybridized carbons (Fsp3) is 0.192. The third-order valence-corrected chi connectivity index (χ3v) is 16.8. The Morgan fingerprint density at radius 1 is 0.489 bits per heavy atom. The summed E-state index contributed by atoms with van der Waals surface area (Å²) in [7, 11) is 1.68. The number of methoxy groups -OCH3 is 1. The highest BCUT2D eigenvalue weighted by Gasteiger charge is 2.25. The van der Waals surface area contributed by atoms with Crippen molar-refractivity contribution in [3.05, 3.63) is 244 Å². The Balaban J connectivity index is 0.000000158. The first-order chi connectivity index (χ1) is 43.3. The third-order valence-electron chi connectivity index (χ3n) is 16.8. The number of nitrogens with zero attached hydrogens (tertiary/aromatic N) is 6. The predicted molar refractivity (Wildman–Crippen MR) is 371 cm³/mol. The highest BCUT2D eigenvalue weighted by molar-refractivity contribution is 6.07. The van der Waals surface area contributed by atoms with Crippen molar-refractivity contribution in [1.82, 2.24) is 34.1 Å². The van der Waals surface area contributed by atoms with Crippen molar-refractivity contribution in [2.75, 3.05) is 7.11 Å². The molecule has 1 N–H and O–H groups in total. The van der Waals surface area contributed by atoms with Gasteiger partial charge in [0, 0.05) is 34.8 Å². The maximum absolute atomic E-state index is 12.7. The Kier molecular flexibility index (Phi) is 17.1. The number of benzene rings is 7. The zero-order valence-electron chi connectivity index (χ0n) is 52.2. The Labute approximate surface area is 529 Å². The van der Waals surface area contributed by atoms with E-state index < -0.39 is 0 Å². The SMILES string of the molecule is CC(C)c1cccc(C(C)C)c1-n1c(-c2cccc(-c3ccc4oc5cccc(=O)c5c4[nH]3)c2)nc2ccccc21.COc1cccc2oc3ccc(-c4cccc(-c5nc6c(n5-c5c(C(C)C)cccc5C(C)C)=CCCC=6)c4)nc3c12.Cl.c1ccncc1. The van der Waals surface area contributed by atoms with Crippen LogP contribution in [0.3, 0.4) is 0 Å². The van der Waals surface area contributed by atoms with Crippen LogP contribution in [0.15, 0.2) is 214 Å². The van der Waals surface area contributed by atoms with Gasteiger partial charge in [-0.1, -0.05) is 171 Å². The first-order valence-electron chi connectivity index (χ1n) is 30.9. The lowest BCUT2D eigenvalue weighted by Crippen LogP contribution is -2.32. The van der Waals surface area contributed by atoms with Crippen LogP contribution in [0.1, 0.15) is 114 Å². The molecule has 7 heterocycles. The summed E-state index contributed by atoms with van der Waals surface area (Å²) in [6.45, 7) is 18.1. The van der Waals surface area contributed by atoms with Crippen LogP contribution in [-0.2, 0) is 0 Å². The van der Waals surface area contributed by atoms with E-state index in [1.165, 1.54) is 39.0 Å². The van der Waals surface area contributed by atoms with Crippen LogP contribution in [0.25, 0.3) is 124 Å². The molecule has 12 heteroatoms. The molecule has 0 aliphatic heterocycles. The third kappa shape index (κ3) is 11.3. The highest BCUT2D eigenvalue weighted by Crippen LogP contribution is 2.40. The molecule has 7 aromatic heterocycles. The molecule has 0 spiro atoms. The number of imidazole rings is 2. The molecule has 90 heavy (non-hydrogen) atoms. The van der Waals surface area contributed by atoms with Crippen LogP contribution < -0.4 is 20.9 Å². The molecule has 7 aromatic carbocycles. The topological polar surface area (TPSA) is 130 Å². The van der Waals surface area contributed by atoms with Gasteiger partial charge in [0.1, 0.15) is 34.1 Å². The molecule has 0 radical (unpaired) electrons. The summed E-state index contributed by atoms with van der Waals surface area (Å²) < 4.78 is 22.4. The quantitative estimate of drug-likeness (QED) is 0.136. The van der Waals surface area contributed by atoms with Gasteiger partial charge in [-0.05, 0) is 149 Å². The van der Waals surface area contributed by atoms with Gasteiger partial charge in [-0.25, -0.2) is 15.0 Å². The fourth-order valence-corrected chi connectivity index (χ4v) is 12.5. The van der Waals surface area contributed by atoms with Gasteiger partial charge >= 0.3 is 0 Å². The number of pyridine rings is 3. The van der Waals surface area contributed by atoms with Crippen molar-refractivity contribution in [2.45, 2.75) is 91.9 Å². The minimum atomic E-state index is -0.0538. The molecular formula is C78H72ClN7O4. The van der Waals surface area contributed by atoms with E-state index in [2.05, 4.69) is 190 Å². The molecule has 1 aliphatic rings. The normalized spacial score (nSPS) is 12.1. The molecule has 0 saturated heterocycles. The predicted octanol–water partition coefficient (Wildman–Crippen LogP) is 18.8. The van der Waals surface area contributed by atoms with Gasteiger partial charge in [0.05, 0.1) is 62.2 Å². The van der Waals surface area contributed by atoms with Gasteiger partial charge in [-0.15, -0.1) is 12.4 Å². The summed E-state index contributed by atoms with van der Waals surface area (Å²) in [6.07, 6.45) is 10.2. The number of para-hydroxylation sites is 4. The number of H-pyrrole nitrogens is 1. The number of rotatable bonds is 11. The van der Waals surface area contributed by atoms with Crippen molar-refractivity contribution < 1.29 is 13.6 Å². The summed E-state index contributed by atoms with van der Waals surface area (Å²) in [5.41, 5.74) is 19.9. The van der Waals surface area contributed by atoms with E-state index in [-0.39, 0.29) is 17.8 Å². The van der Waals surface area contributed by atoms with Gasteiger partial charge in [-0.2, -0.15) is 0 Å². The minimum absolute atomic E-state index is 0. The maximum Gasteiger partial charge on any atom is 0.191 e. The molecule has 1 aliphatic carbocycles. The lowest BCUT2D eigenvalue weighted by atomic mass is 9.92. The average Bonchev–Trinajstić information content (AvgIpc) is 1.60. The monoisotopic (exact) mass is 1210 g/mol. The van der Waals surface area contributed by atoms with Crippen LogP contribution in [0, 0.1) is 0 Å². The largest absolute Gasteiger partial charge is 0.496 e. The van der Waals surface area contributed by atoms with Crippen molar-refractivity contribution in [2.24, 2.45) is 0 Å². The number of ether oxygens (including phenoxy) is 1. The van der Waals surface area contributed by atoms with Crippen LogP contribution in [0.2, 0.25) is 0 Å². The molecule has 14 aromatic rings. The fourth-order valence-electron chi connectivity index (χ4n) is 12.5. The van der Waals surface area contributed by atoms with Gasteiger partial charge in [0.15, 0.2) is 16.6 Å². The van der Waals surface area contributed by atoms with Crippen LogP contribution in [0.5, 0.6) is 5.75 Å². The van der Waals surface area contributed by atoms with Crippen LogP contribution in [0.4, 0.5) is 0 Å². The smallest absolute Gasteiger partial charge is 0.191 e. The molecule has 0 unspecified atom stereocenters. The average molecular weight is 1210 g/mol.